The molecule has 2 unspecified atom stereocenters. The van der Waals surface area contributed by atoms with Crippen LogP contribution in [0.5, 0.6) is 0 Å². The lowest BCUT2D eigenvalue weighted by Crippen LogP contribution is -2.50. The van der Waals surface area contributed by atoms with Gasteiger partial charge in [-0.05, 0) is 54.7 Å². The van der Waals surface area contributed by atoms with Crippen molar-refractivity contribution >= 4 is 35.4 Å². The monoisotopic (exact) mass is 581 g/mol. The minimum absolute atomic E-state index is 0.0527. The predicted octanol–water partition coefficient (Wildman–Crippen LogP) is 5.46. The summed E-state index contributed by atoms with van der Waals surface area (Å²) in [4.78, 5) is 26.3. The highest BCUT2D eigenvalue weighted by Crippen LogP contribution is 2.29. The third kappa shape index (κ3) is 8.73. The van der Waals surface area contributed by atoms with Crippen LogP contribution in [0.3, 0.4) is 0 Å². The number of hydrogen-bond donors (Lipinski definition) is 4. The first-order valence-corrected chi connectivity index (χ1v) is 14.9. The normalized spacial score (nSPS) is 17.8. The molecule has 4 N–H and O–H groups in total. The van der Waals surface area contributed by atoms with Gasteiger partial charge in [-0.25, -0.2) is 4.79 Å². The summed E-state index contributed by atoms with van der Waals surface area (Å²) < 4.78 is 6.32. The Bertz CT molecular complexity index is 1210. The van der Waals surface area contributed by atoms with E-state index in [-0.39, 0.29) is 18.1 Å². The quantitative estimate of drug-likeness (QED) is 0.167. The number of halogens is 1. The molecular formula is C31H36ClN3O4S. The van der Waals surface area contributed by atoms with E-state index in [0.29, 0.717) is 6.54 Å². The molecule has 0 spiro atoms. The van der Waals surface area contributed by atoms with Crippen molar-refractivity contribution in [2.75, 3.05) is 25.4 Å². The fourth-order valence-electron chi connectivity index (χ4n) is 4.98. The zero-order valence-corrected chi connectivity index (χ0v) is 24.1. The van der Waals surface area contributed by atoms with Crippen LogP contribution >= 0.6 is 23.4 Å². The van der Waals surface area contributed by atoms with E-state index in [9.17, 15) is 14.7 Å². The zero-order chi connectivity index (χ0) is 28.3. The average molecular weight is 582 g/mol. The van der Waals surface area contributed by atoms with Crippen molar-refractivity contribution in [3.05, 3.63) is 101 Å². The number of nitrogens with one attached hydrogen (secondary N) is 3. The molecule has 0 saturated carbocycles. The number of thioether (sulfide) groups is 1. The third-order valence-corrected chi connectivity index (χ3v) is 8.45. The molecule has 0 aromatic heterocycles. The molecule has 0 bridgehead atoms. The van der Waals surface area contributed by atoms with Crippen LogP contribution in [0, 0.1) is 6.92 Å². The Kier molecular flexibility index (Phi) is 11.3. The molecule has 40 heavy (non-hydrogen) atoms. The van der Waals surface area contributed by atoms with E-state index in [4.69, 9.17) is 16.3 Å². The van der Waals surface area contributed by atoms with Crippen LogP contribution in [-0.2, 0) is 9.53 Å². The van der Waals surface area contributed by atoms with E-state index in [2.05, 4.69) is 22.9 Å². The van der Waals surface area contributed by atoms with E-state index in [1.54, 1.807) is 11.8 Å². The second-order valence-electron chi connectivity index (χ2n) is 9.92. The van der Waals surface area contributed by atoms with Crippen molar-refractivity contribution in [2.45, 2.75) is 48.8 Å². The maximum absolute atomic E-state index is 13.3. The van der Waals surface area contributed by atoms with Gasteiger partial charge in [0.1, 0.15) is 6.04 Å². The standard InChI is InChI=1S/C31H36ClN3O4S/c1-21-17-24(32)14-15-27(21)40-20-26-19-33-18-25(39-26)13-8-16-34-30(36)29(35-31(37)38)28(22-9-4-2-5-10-22)23-11-6-3-7-12-23/h2-7,9-12,14-15,17,25-26,28-29,33,35H,8,13,16,18-20H2,1H3,(H,34,36)(H,37,38)/t25?,26-,29?/m0/s1. The van der Waals surface area contributed by atoms with Crippen molar-refractivity contribution in [2.24, 2.45) is 0 Å². The average Bonchev–Trinajstić information content (AvgIpc) is 2.95. The first-order valence-electron chi connectivity index (χ1n) is 13.5. The molecule has 3 aromatic carbocycles. The number of hydrogen-bond acceptors (Lipinski definition) is 5. The molecule has 1 heterocycles. The summed E-state index contributed by atoms with van der Waals surface area (Å²) in [6.07, 6.45) is 0.407. The van der Waals surface area contributed by atoms with E-state index in [0.717, 1.165) is 53.4 Å². The first kappa shape index (κ1) is 29.9. The summed E-state index contributed by atoms with van der Waals surface area (Å²) in [5.41, 5.74) is 2.88. The maximum atomic E-state index is 13.3. The Labute approximate surface area is 245 Å². The van der Waals surface area contributed by atoms with E-state index >= 15 is 0 Å². The SMILES string of the molecule is Cc1cc(Cl)ccc1SC[C@@H]1CNCC(CCCNC(=O)C(NC(=O)O)C(c2ccccc2)c2ccccc2)O1. The first-order chi connectivity index (χ1) is 19.4. The summed E-state index contributed by atoms with van der Waals surface area (Å²) in [7, 11) is 0. The highest BCUT2D eigenvalue weighted by atomic mass is 35.5. The van der Waals surface area contributed by atoms with Crippen LogP contribution in [0.1, 0.15) is 35.4 Å². The van der Waals surface area contributed by atoms with Gasteiger partial charge in [0.05, 0.1) is 12.2 Å². The van der Waals surface area contributed by atoms with Gasteiger partial charge in [-0.15, -0.1) is 11.8 Å². The van der Waals surface area contributed by atoms with Crippen LogP contribution < -0.4 is 16.0 Å². The third-order valence-electron chi connectivity index (χ3n) is 6.90. The van der Waals surface area contributed by atoms with E-state index in [1.807, 2.05) is 78.9 Å². The van der Waals surface area contributed by atoms with Gasteiger partial charge in [-0.3, -0.25) is 4.79 Å². The number of carbonyl (C=O) groups excluding carboxylic acids is 1. The van der Waals surface area contributed by atoms with Crippen LogP contribution in [0.2, 0.25) is 5.02 Å². The maximum Gasteiger partial charge on any atom is 0.405 e. The molecule has 7 nitrogen and oxygen atoms in total. The van der Waals surface area contributed by atoms with Crippen LogP contribution in [0.15, 0.2) is 83.8 Å². The van der Waals surface area contributed by atoms with Gasteiger partial charge in [0.15, 0.2) is 0 Å². The van der Waals surface area contributed by atoms with Crippen LogP contribution in [0.25, 0.3) is 0 Å². The number of benzene rings is 3. The van der Waals surface area contributed by atoms with Crippen LogP contribution in [-0.4, -0.2) is 60.7 Å². The number of carbonyl (C=O) groups is 2. The lowest BCUT2D eigenvalue weighted by molar-refractivity contribution is -0.123. The number of carboxylic acid groups (broad SMARTS) is 1. The summed E-state index contributed by atoms with van der Waals surface area (Å²) in [6.45, 7) is 4.05. The van der Waals surface area contributed by atoms with Gasteiger partial charge < -0.3 is 25.8 Å². The molecule has 1 fully saturated rings. The van der Waals surface area contributed by atoms with Crippen molar-refractivity contribution < 1.29 is 19.4 Å². The Morgan fingerprint density at radius 1 is 1.02 bits per heavy atom. The molecule has 4 rings (SSSR count). The summed E-state index contributed by atoms with van der Waals surface area (Å²) >= 11 is 7.84. The molecule has 0 radical (unpaired) electrons. The van der Waals surface area contributed by atoms with Crippen molar-refractivity contribution in [1.82, 2.24) is 16.0 Å². The second kappa shape index (κ2) is 15.1. The highest BCUT2D eigenvalue weighted by Gasteiger charge is 2.32. The van der Waals surface area contributed by atoms with Crippen LogP contribution in [0.4, 0.5) is 4.79 Å². The molecule has 0 aliphatic carbocycles. The number of aryl methyl sites for hydroxylation is 1. The van der Waals surface area contributed by atoms with E-state index < -0.39 is 18.1 Å². The summed E-state index contributed by atoms with van der Waals surface area (Å²) in [6, 6.07) is 24.0. The minimum atomic E-state index is -1.24. The largest absolute Gasteiger partial charge is 0.465 e. The lowest BCUT2D eigenvalue weighted by atomic mass is 9.84. The molecule has 9 heteroatoms. The number of rotatable bonds is 12. The Balaban J connectivity index is 1.30. The van der Waals surface area contributed by atoms with Crippen molar-refractivity contribution in [1.29, 1.82) is 0 Å². The fraction of sp³-hybridized carbons (Fsp3) is 0.355. The Morgan fingerprint density at radius 3 is 2.30 bits per heavy atom. The fourth-order valence-corrected chi connectivity index (χ4v) is 6.22. The molecular weight excluding hydrogens is 546 g/mol. The molecule has 3 atom stereocenters. The molecule has 3 aromatic rings. The van der Waals surface area contributed by atoms with Gasteiger partial charge in [0.25, 0.3) is 0 Å². The molecule has 1 aliphatic rings. The summed E-state index contributed by atoms with van der Waals surface area (Å²) in [5, 5.41) is 19.2. The van der Waals surface area contributed by atoms with Gasteiger partial charge in [-0.1, -0.05) is 72.3 Å². The molecule has 1 saturated heterocycles. The van der Waals surface area contributed by atoms with Gasteiger partial charge in [0.2, 0.25) is 5.91 Å². The zero-order valence-electron chi connectivity index (χ0n) is 22.5. The number of morpholine rings is 1. The number of amides is 2. The second-order valence-corrected chi connectivity index (χ2v) is 11.4. The molecule has 212 valence electrons. The van der Waals surface area contributed by atoms with Crippen molar-refractivity contribution in [3.8, 4) is 0 Å². The van der Waals surface area contributed by atoms with E-state index in [1.165, 1.54) is 4.90 Å². The smallest absolute Gasteiger partial charge is 0.405 e. The molecule has 1 aliphatic heterocycles. The van der Waals surface area contributed by atoms with Gasteiger partial charge in [-0.2, -0.15) is 0 Å². The Morgan fingerprint density at radius 2 is 1.68 bits per heavy atom. The lowest BCUT2D eigenvalue weighted by Gasteiger charge is -2.31. The predicted molar refractivity (Wildman–Crippen MR) is 160 cm³/mol. The van der Waals surface area contributed by atoms with Gasteiger partial charge >= 0.3 is 6.09 Å². The highest BCUT2D eigenvalue weighted by molar-refractivity contribution is 7.99. The minimum Gasteiger partial charge on any atom is -0.465 e. The molecule has 2 amide bonds. The topological polar surface area (TPSA) is 99.7 Å². The summed E-state index contributed by atoms with van der Waals surface area (Å²) in [5.74, 6) is 0.0216. The van der Waals surface area contributed by atoms with Gasteiger partial charge in [0, 0.05) is 41.2 Å². The van der Waals surface area contributed by atoms with Crippen molar-refractivity contribution in [3.63, 3.8) is 0 Å². The number of ether oxygens (including phenoxy) is 1. The Hall–Kier alpha value is -3.04.